The Balaban J connectivity index is 1.70. The standard InChI is InChI=1S/C25H17F3N4O/c26-25(27,28)33-20-10-8-18(9-11-20)24(22-7-2-1-6-21(22)23(29)32-24)19-5-3-4-16(12-19)17-13-30-15-31-14-17/h1-15H,(H2,29,32). The van der Waals surface area contributed by atoms with Gasteiger partial charge in [-0.3, -0.25) is 0 Å². The van der Waals surface area contributed by atoms with Crippen LogP contribution in [0, 0.1) is 0 Å². The summed E-state index contributed by atoms with van der Waals surface area (Å²) in [5.74, 6) is 0.0504. The lowest BCUT2D eigenvalue weighted by molar-refractivity contribution is -0.274. The number of aromatic nitrogens is 2. The summed E-state index contributed by atoms with van der Waals surface area (Å²) in [4.78, 5) is 13.0. The fraction of sp³-hybridized carbons (Fsp3) is 0.0800. The molecule has 33 heavy (non-hydrogen) atoms. The Morgan fingerprint density at radius 1 is 0.788 bits per heavy atom. The minimum atomic E-state index is -4.77. The number of halogens is 3. The molecule has 5 nitrogen and oxygen atoms in total. The largest absolute Gasteiger partial charge is 0.573 e. The molecular formula is C25H17F3N4O. The van der Waals surface area contributed by atoms with E-state index in [2.05, 4.69) is 14.7 Å². The summed E-state index contributed by atoms with van der Waals surface area (Å²) in [6, 6.07) is 21.0. The molecule has 0 fully saturated rings. The molecule has 2 N–H and O–H groups in total. The molecule has 0 radical (unpaired) electrons. The van der Waals surface area contributed by atoms with E-state index in [1.807, 2.05) is 48.5 Å². The normalized spacial score (nSPS) is 17.4. The average molecular weight is 446 g/mol. The SMILES string of the molecule is NC1=NC(c2ccc(OC(F)(F)F)cc2)(c2cccc(-c3cncnc3)c2)c2ccccc21. The minimum absolute atomic E-state index is 0.306. The summed E-state index contributed by atoms with van der Waals surface area (Å²) < 4.78 is 42.1. The van der Waals surface area contributed by atoms with Crippen molar-refractivity contribution in [1.82, 2.24) is 9.97 Å². The smallest absolute Gasteiger partial charge is 0.406 e. The van der Waals surface area contributed by atoms with E-state index in [1.54, 1.807) is 24.5 Å². The van der Waals surface area contributed by atoms with Crippen LogP contribution >= 0.6 is 0 Å². The Kier molecular flexibility index (Phi) is 4.85. The summed E-state index contributed by atoms with van der Waals surface area (Å²) in [7, 11) is 0. The second-order valence-corrected chi connectivity index (χ2v) is 7.53. The lowest BCUT2D eigenvalue weighted by Crippen LogP contribution is -2.25. The van der Waals surface area contributed by atoms with Crippen molar-refractivity contribution < 1.29 is 17.9 Å². The molecule has 0 aliphatic carbocycles. The van der Waals surface area contributed by atoms with Gasteiger partial charge in [0.2, 0.25) is 0 Å². The fourth-order valence-corrected chi connectivity index (χ4v) is 4.20. The van der Waals surface area contributed by atoms with Crippen LogP contribution in [0.5, 0.6) is 5.75 Å². The lowest BCUT2D eigenvalue weighted by atomic mass is 9.77. The molecule has 1 aliphatic rings. The summed E-state index contributed by atoms with van der Waals surface area (Å²) in [6.45, 7) is 0. The number of aliphatic imine (C=N–C) groups is 1. The van der Waals surface area contributed by atoms with E-state index in [1.165, 1.54) is 18.5 Å². The van der Waals surface area contributed by atoms with Crippen molar-refractivity contribution in [1.29, 1.82) is 0 Å². The van der Waals surface area contributed by atoms with Crippen molar-refractivity contribution in [2.24, 2.45) is 10.7 Å². The number of amidine groups is 1. The van der Waals surface area contributed by atoms with Gasteiger partial charge in [0.25, 0.3) is 0 Å². The molecule has 4 aromatic rings. The zero-order chi connectivity index (χ0) is 23.1. The first-order valence-corrected chi connectivity index (χ1v) is 10.0. The maximum Gasteiger partial charge on any atom is 0.573 e. The molecule has 2 heterocycles. The first kappa shape index (κ1) is 20.7. The van der Waals surface area contributed by atoms with Crippen LogP contribution in [-0.4, -0.2) is 22.2 Å². The fourth-order valence-electron chi connectivity index (χ4n) is 4.20. The minimum Gasteiger partial charge on any atom is -0.406 e. The topological polar surface area (TPSA) is 73.4 Å². The predicted octanol–water partition coefficient (Wildman–Crippen LogP) is 5.05. The number of ether oxygens (including phenoxy) is 1. The third-order valence-corrected chi connectivity index (χ3v) is 5.56. The Labute approximate surface area is 187 Å². The molecule has 3 aromatic carbocycles. The Hall–Kier alpha value is -4.20. The first-order valence-electron chi connectivity index (χ1n) is 10.0. The van der Waals surface area contributed by atoms with Gasteiger partial charge >= 0.3 is 6.36 Å². The molecule has 1 aromatic heterocycles. The van der Waals surface area contributed by atoms with Crippen molar-refractivity contribution in [2.45, 2.75) is 11.9 Å². The molecule has 164 valence electrons. The van der Waals surface area contributed by atoms with Gasteiger partial charge in [-0.25, -0.2) is 15.0 Å². The second kappa shape index (κ2) is 7.74. The molecule has 0 saturated carbocycles. The van der Waals surface area contributed by atoms with E-state index in [9.17, 15) is 13.2 Å². The van der Waals surface area contributed by atoms with E-state index >= 15 is 0 Å². The predicted molar refractivity (Wildman–Crippen MR) is 118 cm³/mol. The number of hydrogen-bond acceptors (Lipinski definition) is 5. The number of nitrogens with zero attached hydrogens (tertiary/aromatic N) is 3. The summed E-state index contributed by atoms with van der Waals surface area (Å²) in [6.07, 6.45) is 0.107. The summed E-state index contributed by atoms with van der Waals surface area (Å²) >= 11 is 0. The third-order valence-electron chi connectivity index (χ3n) is 5.56. The summed E-state index contributed by atoms with van der Waals surface area (Å²) in [5, 5.41) is 0. The van der Waals surface area contributed by atoms with Crippen LogP contribution in [0.4, 0.5) is 13.2 Å². The van der Waals surface area contributed by atoms with Crippen molar-refractivity contribution in [2.75, 3.05) is 0 Å². The van der Waals surface area contributed by atoms with Crippen molar-refractivity contribution in [3.05, 3.63) is 114 Å². The molecular weight excluding hydrogens is 429 g/mol. The van der Waals surface area contributed by atoms with E-state index in [4.69, 9.17) is 10.7 Å². The highest BCUT2D eigenvalue weighted by atomic mass is 19.4. The molecule has 0 bridgehead atoms. The molecule has 0 saturated heterocycles. The van der Waals surface area contributed by atoms with E-state index in [-0.39, 0.29) is 5.75 Å². The van der Waals surface area contributed by atoms with E-state index in [0.29, 0.717) is 11.4 Å². The van der Waals surface area contributed by atoms with Gasteiger partial charge in [-0.05, 0) is 40.5 Å². The number of alkyl halides is 3. The third kappa shape index (κ3) is 3.69. The zero-order valence-corrected chi connectivity index (χ0v) is 17.1. The van der Waals surface area contributed by atoms with Crippen LogP contribution < -0.4 is 10.5 Å². The van der Waals surface area contributed by atoms with E-state index < -0.39 is 11.9 Å². The highest BCUT2D eigenvalue weighted by molar-refractivity contribution is 6.03. The number of fused-ring (bicyclic) bond motifs is 1. The van der Waals surface area contributed by atoms with Crippen LogP contribution in [0.1, 0.15) is 22.3 Å². The Morgan fingerprint density at radius 3 is 2.24 bits per heavy atom. The van der Waals surface area contributed by atoms with Gasteiger partial charge in [-0.1, -0.05) is 54.6 Å². The van der Waals surface area contributed by atoms with Crippen LogP contribution in [0.3, 0.4) is 0 Å². The van der Waals surface area contributed by atoms with Crippen LogP contribution in [-0.2, 0) is 5.54 Å². The van der Waals surface area contributed by atoms with Crippen molar-refractivity contribution in [3.8, 4) is 16.9 Å². The second-order valence-electron chi connectivity index (χ2n) is 7.53. The van der Waals surface area contributed by atoms with Gasteiger partial charge in [0, 0.05) is 23.5 Å². The number of hydrogen-bond donors (Lipinski definition) is 1. The maximum absolute atomic E-state index is 12.7. The number of benzene rings is 3. The van der Waals surface area contributed by atoms with Gasteiger partial charge < -0.3 is 10.5 Å². The van der Waals surface area contributed by atoms with Gasteiger partial charge in [-0.15, -0.1) is 13.2 Å². The number of nitrogens with two attached hydrogens (primary N) is 1. The first-order chi connectivity index (χ1) is 15.9. The Bertz CT molecular complexity index is 1340. The average Bonchev–Trinajstić information content (AvgIpc) is 3.13. The van der Waals surface area contributed by atoms with Crippen LogP contribution in [0.25, 0.3) is 11.1 Å². The molecule has 1 aliphatic heterocycles. The molecule has 1 unspecified atom stereocenters. The zero-order valence-electron chi connectivity index (χ0n) is 17.1. The lowest BCUT2D eigenvalue weighted by Gasteiger charge is -2.29. The quantitative estimate of drug-likeness (QED) is 0.476. The van der Waals surface area contributed by atoms with Gasteiger partial charge in [-0.2, -0.15) is 0 Å². The molecule has 0 amide bonds. The van der Waals surface area contributed by atoms with Gasteiger partial charge in [0.05, 0.1) is 0 Å². The van der Waals surface area contributed by atoms with Crippen LogP contribution in [0.15, 0.2) is 96.5 Å². The molecule has 5 rings (SSSR count). The summed E-state index contributed by atoms with van der Waals surface area (Å²) in [5.41, 5.74) is 10.1. The number of rotatable bonds is 4. The Morgan fingerprint density at radius 2 is 1.52 bits per heavy atom. The monoisotopic (exact) mass is 446 g/mol. The van der Waals surface area contributed by atoms with Crippen molar-refractivity contribution >= 4 is 5.84 Å². The maximum atomic E-state index is 12.7. The highest BCUT2D eigenvalue weighted by Gasteiger charge is 2.43. The van der Waals surface area contributed by atoms with Crippen LogP contribution in [0.2, 0.25) is 0 Å². The van der Waals surface area contributed by atoms with Gasteiger partial charge in [0.15, 0.2) is 0 Å². The van der Waals surface area contributed by atoms with Gasteiger partial charge in [0.1, 0.15) is 23.5 Å². The molecule has 1 atom stereocenters. The highest BCUT2D eigenvalue weighted by Crippen LogP contribution is 2.46. The molecule has 0 spiro atoms. The van der Waals surface area contributed by atoms with Crippen molar-refractivity contribution in [3.63, 3.8) is 0 Å². The molecule has 8 heteroatoms. The van der Waals surface area contributed by atoms with E-state index in [0.717, 1.165) is 27.8 Å².